The van der Waals surface area contributed by atoms with Crippen LogP contribution in [0.3, 0.4) is 0 Å². The van der Waals surface area contributed by atoms with Gasteiger partial charge in [0.25, 0.3) is 0 Å². The van der Waals surface area contributed by atoms with Gasteiger partial charge in [-0.2, -0.15) is 0 Å². The van der Waals surface area contributed by atoms with Crippen molar-refractivity contribution in [3.8, 4) is 17.1 Å². The first-order chi connectivity index (χ1) is 13.0. The Morgan fingerprint density at radius 1 is 1.11 bits per heavy atom. The van der Waals surface area contributed by atoms with Gasteiger partial charge in [-0.3, -0.25) is 4.79 Å². The SMILES string of the molecule is COc1cccc(-c2cc(C3(C(=O)Nc4cc(C)cc(C)c4)CC3)no2)c1. The molecule has 1 amide bonds. The van der Waals surface area contributed by atoms with Gasteiger partial charge in [-0.25, -0.2) is 0 Å². The van der Waals surface area contributed by atoms with E-state index in [0.29, 0.717) is 11.5 Å². The molecule has 5 nitrogen and oxygen atoms in total. The number of anilines is 1. The van der Waals surface area contributed by atoms with Gasteiger partial charge in [0.2, 0.25) is 5.91 Å². The molecule has 0 bridgehead atoms. The number of aryl methyl sites for hydroxylation is 2. The van der Waals surface area contributed by atoms with E-state index in [2.05, 4.69) is 16.5 Å². The molecule has 138 valence electrons. The van der Waals surface area contributed by atoms with Gasteiger partial charge in [0.1, 0.15) is 5.75 Å². The van der Waals surface area contributed by atoms with Gasteiger partial charge in [-0.15, -0.1) is 0 Å². The minimum Gasteiger partial charge on any atom is -0.497 e. The smallest absolute Gasteiger partial charge is 0.236 e. The predicted octanol–water partition coefficient (Wildman–Crippen LogP) is 4.64. The van der Waals surface area contributed by atoms with Crippen LogP contribution >= 0.6 is 0 Å². The molecule has 5 heteroatoms. The van der Waals surface area contributed by atoms with E-state index < -0.39 is 5.41 Å². The van der Waals surface area contributed by atoms with Gasteiger partial charge in [-0.05, 0) is 62.1 Å². The molecule has 1 fully saturated rings. The molecule has 0 radical (unpaired) electrons. The van der Waals surface area contributed by atoms with Crippen LogP contribution in [0.1, 0.15) is 29.7 Å². The van der Waals surface area contributed by atoms with Crippen molar-refractivity contribution in [3.05, 3.63) is 65.4 Å². The van der Waals surface area contributed by atoms with Crippen molar-refractivity contribution in [1.29, 1.82) is 0 Å². The molecule has 3 aromatic rings. The maximum atomic E-state index is 13.0. The minimum atomic E-state index is -0.599. The number of nitrogens with zero attached hydrogens (tertiary/aromatic N) is 1. The first kappa shape index (κ1) is 17.3. The summed E-state index contributed by atoms with van der Waals surface area (Å²) in [6.45, 7) is 4.04. The highest BCUT2D eigenvalue weighted by atomic mass is 16.5. The Morgan fingerprint density at radius 2 is 1.85 bits per heavy atom. The summed E-state index contributed by atoms with van der Waals surface area (Å²) >= 11 is 0. The summed E-state index contributed by atoms with van der Waals surface area (Å²) in [6, 6.07) is 15.5. The van der Waals surface area contributed by atoms with Crippen LogP contribution in [0.2, 0.25) is 0 Å². The Balaban J connectivity index is 1.57. The zero-order chi connectivity index (χ0) is 19.0. The number of hydrogen-bond donors (Lipinski definition) is 1. The predicted molar refractivity (Wildman–Crippen MR) is 104 cm³/mol. The fraction of sp³-hybridized carbons (Fsp3) is 0.273. The lowest BCUT2D eigenvalue weighted by atomic mass is 10.00. The third-order valence-corrected chi connectivity index (χ3v) is 5.02. The van der Waals surface area contributed by atoms with E-state index in [9.17, 15) is 4.79 Å². The summed E-state index contributed by atoms with van der Waals surface area (Å²) in [5.74, 6) is 1.35. The van der Waals surface area contributed by atoms with E-state index in [1.165, 1.54) is 0 Å². The highest BCUT2D eigenvalue weighted by Crippen LogP contribution is 2.49. The number of hydrogen-bond acceptors (Lipinski definition) is 4. The number of rotatable bonds is 5. The monoisotopic (exact) mass is 362 g/mol. The zero-order valence-corrected chi connectivity index (χ0v) is 15.7. The van der Waals surface area contributed by atoms with Gasteiger partial charge in [0, 0.05) is 17.3 Å². The number of amides is 1. The van der Waals surface area contributed by atoms with Crippen molar-refractivity contribution in [2.75, 3.05) is 12.4 Å². The summed E-state index contributed by atoms with van der Waals surface area (Å²) in [7, 11) is 1.63. The number of nitrogens with one attached hydrogen (secondary N) is 1. The Kier molecular flexibility index (Phi) is 4.22. The highest BCUT2D eigenvalue weighted by molar-refractivity contribution is 6.01. The van der Waals surface area contributed by atoms with Crippen LogP contribution in [0.25, 0.3) is 11.3 Å². The molecular weight excluding hydrogens is 340 g/mol. The number of ether oxygens (including phenoxy) is 1. The second-order valence-corrected chi connectivity index (χ2v) is 7.22. The number of methoxy groups -OCH3 is 1. The number of carbonyl (C=O) groups excluding carboxylic acids is 1. The molecule has 0 saturated heterocycles. The molecule has 1 aliphatic carbocycles. The standard InChI is InChI=1S/C22H22N2O3/c1-14-9-15(2)11-17(10-14)23-21(25)22(7-8-22)20-13-19(27-24-20)16-5-4-6-18(12-16)26-3/h4-6,9-13H,7-8H2,1-3H3,(H,23,25). The summed E-state index contributed by atoms with van der Waals surface area (Å²) in [5.41, 5.74) is 4.02. The average molecular weight is 362 g/mol. The molecular formula is C22H22N2O3. The molecule has 1 aliphatic rings. The zero-order valence-electron chi connectivity index (χ0n) is 15.7. The second kappa shape index (κ2) is 6.58. The van der Waals surface area contributed by atoms with Crippen molar-refractivity contribution >= 4 is 11.6 Å². The summed E-state index contributed by atoms with van der Waals surface area (Å²) in [6.07, 6.45) is 1.54. The maximum Gasteiger partial charge on any atom is 0.236 e. The van der Waals surface area contributed by atoms with Crippen molar-refractivity contribution < 1.29 is 14.1 Å². The van der Waals surface area contributed by atoms with E-state index in [4.69, 9.17) is 9.26 Å². The number of aromatic nitrogens is 1. The maximum absolute atomic E-state index is 13.0. The van der Waals surface area contributed by atoms with Gasteiger partial charge >= 0.3 is 0 Å². The minimum absolute atomic E-state index is 0.0296. The average Bonchev–Trinajstić information content (AvgIpc) is 3.31. The molecule has 0 atom stereocenters. The summed E-state index contributed by atoms with van der Waals surface area (Å²) < 4.78 is 10.8. The van der Waals surface area contributed by atoms with Gasteiger partial charge in [-0.1, -0.05) is 23.4 Å². The van der Waals surface area contributed by atoms with E-state index in [1.807, 2.05) is 56.3 Å². The summed E-state index contributed by atoms with van der Waals surface area (Å²) in [5, 5.41) is 7.25. The first-order valence-corrected chi connectivity index (χ1v) is 9.01. The fourth-order valence-electron chi connectivity index (χ4n) is 3.44. The molecule has 27 heavy (non-hydrogen) atoms. The van der Waals surface area contributed by atoms with Crippen LogP contribution in [0.4, 0.5) is 5.69 Å². The van der Waals surface area contributed by atoms with E-state index in [-0.39, 0.29) is 5.91 Å². The molecule has 1 heterocycles. The molecule has 1 saturated carbocycles. The molecule has 1 aromatic heterocycles. The van der Waals surface area contributed by atoms with Crippen LogP contribution in [0, 0.1) is 13.8 Å². The van der Waals surface area contributed by atoms with Gasteiger partial charge < -0.3 is 14.6 Å². The van der Waals surface area contributed by atoms with Gasteiger partial charge in [0.05, 0.1) is 18.2 Å². The summed E-state index contributed by atoms with van der Waals surface area (Å²) in [4.78, 5) is 13.0. The molecule has 2 aromatic carbocycles. The van der Waals surface area contributed by atoms with Crippen LogP contribution in [0.5, 0.6) is 5.75 Å². The van der Waals surface area contributed by atoms with Crippen LogP contribution in [-0.2, 0) is 10.2 Å². The molecule has 0 unspecified atom stereocenters. The van der Waals surface area contributed by atoms with Crippen LogP contribution in [0.15, 0.2) is 53.1 Å². The van der Waals surface area contributed by atoms with Crippen LogP contribution in [-0.4, -0.2) is 18.2 Å². The van der Waals surface area contributed by atoms with Crippen LogP contribution < -0.4 is 10.1 Å². The van der Waals surface area contributed by atoms with Crippen molar-refractivity contribution in [3.63, 3.8) is 0 Å². The number of benzene rings is 2. The lowest BCUT2D eigenvalue weighted by molar-refractivity contribution is -0.118. The van der Waals surface area contributed by atoms with E-state index >= 15 is 0 Å². The van der Waals surface area contributed by atoms with E-state index in [0.717, 1.165) is 41.0 Å². The lowest BCUT2D eigenvalue weighted by Crippen LogP contribution is -2.28. The largest absolute Gasteiger partial charge is 0.497 e. The third-order valence-electron chi connectivity index (χ3n) is 5.02. The first-order valence-electron chi connectivity index (χ1n) is 9.01. The topological polar surface area (TPSA) is 64.4 Å². The Labute approximate surface area is 158 Å². The molecule has 4 rings (SSSR count). The third kappa shape index (κ3) is 3.33. The Bertz CT molecular complexity index is 982. The van der Waals surface area contributed by atoms with Crippen molar-refractivity contribution in [2.45, 2.75) is 32.1 Å². The quantitative estimate of drug-likeness (QED) is 0.718. The highest BCUT2D eigenvalue weighted by Gasteiger charge is 2.53. The van der Waals surface area contributed by atoms with E-state index in [1.54, 1.807) is 7.11 Å². The second-order valence-electron chi connectivity index (χ2n) is 7.22. The lowest BCUT2D eigenvalue weighted by Gasteiger charge is -2.13. The fourth-order valence-corrected chi connectivity index (χ4v) is 3.44. The Morgan fingerprint density at radius 3 is 2.52 bits per heavy atom. The normalized spacial score (nSPS) is 14.6. The molecule has 0 spiro atoms. The Hall–Kier alpha value is -3.08. The van der Waals surface area contributed by atoms with Gasteiger partial charge in [0.15, 0.2) is 5.76 Å². The molecule has 1 N–H and O–H groups in total. The van der Waals surface area contributed by atoms with Crippen molar-refractivity contribution in [1.82, 2.24) is 5.16 Å². The number of carbonyl (C=O) groups is 1. The van der Waals surface area contributed by atoms with Crippen molar-refractivity contribution in [2.24, 2.45) is 0 Å². The molecule has 0 aliphatic heterocycles.